The van der Waals surface area contributed by atoms with Gasteiger partial charge in [-0.25, -0.2) is 4.79 Å². The first kappa shape index (κ1) is 24.9. The molecule has 0 bridgehead atoms. The van der Waals surface area contributed by atoms with Crippen LogP contribution in [-0.4, -0.2) is 60.0 Å². The molecule has 2 saturated heterocycles. The average molecular weight is 465 g/mol. The number of piperidine rings is 1. The van der Waals surface area contributed by atoms with Gasteiger partial charge in [-0.2, -0.15) is 0 Å². The molecule has 0 unspecified atom stereocenters. The molecule has 32 heavy (non-hydrogen) atoms. The van der Waals surface area contributed by atoms with Crippen LogP contribution >= 0.6 is 11.6 Å². The average Bonchev–Trinajstić information content (AvgIpc) is 2.86. The fraction of sp³-hybridized carbons (Fsp3) is 0.652. The summed E-state index contributed by atoms with van der Waals surface area (Å²) < 4.78 is 17.5. The fourth-order valence-corrected chi connectivity index (χ4v) is 4.03. The zero-order valence-electron chi connectivity index (χ0n) is 20.1. The number of carbonyl (C=O) groups excluding carboxylic acids is 2. The molecular weight excluding hydrogens is 431 g/mol. The molecule has 2 aliphatic heterocycles. The number of carbonyl (C=O) groups is 2. The molecule has 0 aliphatic carbocycles. The Hall–Kier alpha value is -1.77. The van der Waals surface area contributed by atoms with E-state index in [1.807, 2.05) is 48.5 Å². The van der Waals surface area contributed by atoms with Crippen LogP contribution in [0.15, 0.2) is 18.2 Å². The number of hydrogen-bond acceptors (Lipinski definition) is 5. The maximum atomic E-state index is 13.1. The quantitative estimate of drug-likeness (QED) is 0.689. The number of benzene rings is 1. The van der Waals surface area contributed by atoms with Gasteiger partial charge in [0.05, 0.1) is 11.2 Å². The minimum Gasteiger partial charge on any atom is -0.444 e. The zero-order chi connectivity index (χ0) is 23.9. The van der Waals surface area contributed by atoms with Gasteiger partial charge in [-0.05, 0) is 73.4 Å². The SMILES string of the molecule is CC(C)(C)OC(=O)N[C@@H]1CCCN(C(=O)c2ccc(B3OC(C)(C)C(C)(C)O3)c(Cl)c2)C1. The van der Waals surface area contributed by atoms with Crippen LogP contribution in [0, 0.1) is 0 Å². The molecule has 0 saturated carbocycles. The molecule has 1 aromatic carbocycles. The van der Waals surface area contributed by atoms with Crippen LogP contribution in [0.1, 0.15) is 71.7 Å². The predicted molar refractivity (Wildman–Crippen MR) is 125 cm³/mol. The molecule has 7 nitrogen and oxygen atoms in total. The van der Waals surface area contributed by atoms with Crippen LogP contribution in [0.5, 0.6) is 0 Å². The Morgan fingerprint density at radius 2 is 1.81 bits per heavy atom. The maximum absolute atomic E-state index is 13.1. The summed E-state index contributed by atoms with van der Waals surface area (Å²) in [5, 5.41) is 3.30. The van der Waals surface area contributed by atoms with Crippen LogP contribution in [0.25, 0.3) is 0 Å². The van der Waals surface area contributed by atoms with E-state index in [0.717, 1.165) is 12.8 Å². The maximum Gasteiger partial charge on any atom is 0.496 e. The lowest BCUT2D eigenvalue weighted by Gasteiger charge is -2.33. The number of nitrogens with one attached hydrogen (secondary N) is 1. The number of alkyl carbamates (subject to hydrolysis) is 1. The van der Waals surface area contributed by atoms with Crippen molar-refractivity contribution in [1.82, 2.24) is 10.2 Å². The van der Waals surface area contributed by atoms with Gasteiger partial charge >= 0.3 is 13.2 Å². The predicted octanol–water partition coefficient (Wildman–Crippen LogP) is 3.77. The third-order valence-corrected chi connectivity index (χ3v) is 6.51. The molecule has 0 aromatic heterocycles. The highest BCUT2D eigenvalue weighted by Gasteiger charge is 2.52. The highest BCUT2D eigenvalue weighted by molar-refractivity contribution is 6.65. The van der Waals surface area contributed by atoms with E-state index in [-0.39, 0.29) is 11.9 Å². The normalized spacial score (nSPS) is 22.6. The topological polar surface area (TPSA) is 77.1 Å². The van der Waals surface area contributed by atoms with Gasteiger partial charge in [-0.15, -0.1) is 0 Å². The number of halogens is 1. The van der Waals surface area contributed by atoms with Crippen LogP contribution < -0.4 is 10.8 Å². The standard InChI is InChI=1S/C23H34BClN2O5/c1-21(2,3)30-20(29)26-16-9-8-12-27(14-16)19(28)15-10-11-17(18(25)13-15)24-31-22(4,5)23(6,7)32-24/h10-11,13,16H,8-9,12,14H2,1-7H3,(H,26,29)/t16-/m1/s1. The molecule has 1 aromatic rings. The van der Waals surface area contributed by atoms with Gasteiger partial charge in [0.1, 0.15) is 5.60 Å². The van der Waals surface area contributed by atoms with Crippen molar-refractivity contribution in [2.75, 3.05) is 13.1 Å². The Kier molecular flexibility index (Phi) is 6.90. The summed E-state index contributed by atoms with van der Waals surface area (Å²) in [6.45, 7) is 14.4. The smallest absolute Gasteiger partial charge is 0.444 e. The van der Waals surface area contributed by atoms with Crippen LogP contribution in [0.3, 0.4) is 0 Å². The van der Waals surface area contributed by atoms with Gasteiger partial charge in [0.2, 0.25) is 0 Å². The first-order valence-electron chi connectivity index (χ1n) is 11.1. The fourth-order valence-electron chi connectivity index (χ4n) is 3.76. The number of ether oxygens (including phenoxy) is 1. The Bertz CT molecular complexity index is 868. The molecule has 2 amide bonds. The monoisotopic (exact) mass is 464 g/mol. The lowest BCUT2D eigenvalue weighted by Crippen LogP contribution is -2.50. The second-order valence-corrected chi connectivity index (χ2v) is 11.0. The van der Waals surface area contributed by atoms with Gasteiger partial charge in [0.15, 0.2) is 0 Å². The first-order valence-corrected chi connectivity index (χ1v) is 11.5. The molecule has 176 valence electrons. The van der Waals surface area contributed by atoms with Crippen molar-refractivity contribution >= 4 is 36.2 Å². The molecular formula is C23H34BClN2O5. The van der Waals surface area contributed by atoms with Gasteiger partial charge in [0, 0.05) is 35.2 Å². The summed E-state index contributed by atoms with van der Waals surface area (Å²) in [4.78, 5) is 26.9. The van der Waals surface area contributed by atoms with E-state index in [0.29, 0.717) is 29.1 Å². The molecule has 3 rings (SSSR count). The Morgan fingerprint density at radius 1 is 1.19 bits per heavy atom. The Morgan fingerprint density at radius 3 is 2.38 bits per heavy atom. The molecule has 2 fully saturated rings. The number of hydrogen-bond donors (Lipinski definition) is 1. The van der Waals surface area contributed by atoms with Gasteiger partial charge in [-0.3, -0.25) is 4.79 Å². The van der Waals surface area contributed by atoms with E-state index in [9.17, 15) is 9.59 Å². The Labute approximate surface area is 196 Å². The van der Waals surface area contributed by atoms with E-state index in [1.54, 1.807) is 23.1 Å². The number of nitrogens with zero attached hydrogens (tertiary/aromatic N) is 1. The summed E-state index contributed by atoms with van der Waals surface area (Å²) in [6, 6.07) is 5.05. The molecule has 2 heterocycles. The Balaban J connectivity index is 1.66. The lowest BCUT2D eigenvalue weighted by atomic mass is 9.78. The highest BCUT2D eigenvalue weighted by atomic mass is 35.5. The second kappa shape index (κ2) is 8.88. The summed E-state index contributed by atoms with van der Waals surface area (Å²) in [5.41, 5.74) is -0.318. The number of likely N-dealkylation sites (tertiary alicyclic amines) is 1. The first-order chi connectivity index (χ1) is 14.7. The van der Waals surface area contributed by atoms with Crippen LogP contribution in [-0.2, 0) is 14.0 Å². The summed E-state index contributed by atoms with van der Waals surface area (Å²) in [7, 11) is -0.589. The molecule has 1 atom stereocenters. The minimum atomic E-state index is -0.589. The molecule has 2 aliphatic rings. The largest absolute Gasteiger partial charge is 0.496 e. The third kappa shape index (κ3) is 5.59. The van der Waals surface area contributed by atoms with E-state index in [4.69, 9.17) is 25.6 Å². The molecule has 9 heteroatoms. The lowest BCUT2D eigenvalue weighted by molar-refractivity contribution is 0.00578. The number of amides is 2. The third-order valence-electron chi connectivity index (χ3n) is 6.18. The van der Waals surface area contributed by atoms with Crippen molar-refractivity contribution in [3.05, 3.63) is 28.8 Å². The van der Waals surface area contributed by atoms with Gasteiger partial charge < -0.3 is 24.3 Å². The van der Waals surface area contributed by atoms with Crippen LogP contribution in [0.4, 0.5) is 4.79 Å². The van der Waals surface area contributed by atoms with Crippen molar-refractivity contribution < 1.29 is 23.6 Å². The van der Waals surface area contributed by atoms with Crippen molar-refractivity contribution in [3.8, 4) is 0 Å². The summed E-state index contributed by atoms with van der Waals surface area (Å²) in [5.74, 6) is -0.122. The minimum absolute atomic E-state index is 0.122. The summed E-state index contributed by atoms with van der Waals surface area (Å²) >= 11 is 6.53. The zero-order valence-corrected chi connectivity index (χ0v) is 20.8. The molecule has 0 spiro atoms. The number of rotatable bonds is 3. The van der Waals surface area contributed by atoms with Crippen LogP contribution in [0.2, 0.25) is 5.02 Å². The van der Waals surface area contributed by atoms with Gasteiger partial charge in [0.25, 0.3) is 5.91 Å². The van der Waals surface area contributed by atoms with Crippen molar-refractivity contribution in [1.29, 1.82) is 0 Å². The summed E-state index contributed by atoms with van der Waals surface area (Å²) in [6.07, 6.45) is 1.13. The van der Waals surface area contributed by atoms with Crippen molar-refractivity contribution in [2.45, 2.75) is 84.2 Å². The van der Waals surface area contributed by atoms with E-state index >= 15 is 0 Å². The van der Waals surface area contributed by atoms with Gasteiger partial charge in [-0.1, -0.05) is 17.7 Å². The highest BCUT2D eigenvalue weighted by Crippen LogP contribution is 2.37. The molecule has 1 N–H and O–H groups in total. The van der Waals surface area contributed by atoms with E-state index in [1.165, 1.54) is 0 Å². The van der Waals surface area contributed by atoms with Crippen molar-refractivity contribution in [3.63, 3.8) is 0 Å². The molecule has 0 radical (unpaired) electrons. The van der Waals surface area contributed by atoms with Crippen molar-refractivity contribution in [2.24, 2.45) is 0 Å². The second-order valence-electron chi connectivity index (χ2n) is 10.6. The van der Waals surface area contributed by atoms with E-state index < -0.39 is 30.0 Å². The van der Waals surface area contributed by atoms with E-state index in [2.05, 4.69) is 5.32 Å².